The molecule has 0 aliphatic carbocycles. The van der Waals surface area contributed by atoms with Crippen molar-refractivity contribution in [3.63, 3.8) is 0 Å². The van der Waals surface area contributed by atoms with Gasteiger partial charge in [-0.2, -0.15) is 0 Å². The molecular formula is C17H28O2. The van der Waals surface area contributed by atoms with Gasteiger partial charge in [0, 0.05) is 0 Å². The van der Waals surface area contributed by atoms with E-state index >= 15 is 0 Å². The highest BCUT2D eigenvalue weighted by Gasteiger charge is 2.18. The smallest absolute Gasteiger partial charge is 0.124 e. The molecule has 0 fully saturated rings. The fourth-order valence-corrected chi connectivity index (χ4v) is 2.20. The van der Waals surface area contributed by atoms with E-state index in [-0.39, 0.29) is 12.2 Å². The summed E-state index contributed by atoms with van der Waals surface area (Å²) in [5.74, 6) is 1.44. The van der Waals surface area contributed by atoms with Crippen molar-refractivity contribution in [1.29, 1.82) is 0 Å². The van der Waals surface area contributed by atoms with Crippen LogP contribution in [0.4, 0.5) is 0 Å². The van der Waals surface area contributed by atoms with Crippen molar-refractivity contribution in [3.8, 4) is 5.75 Å². The summed E-state index contributed by atoms with van der Waals surface area (Å²) in [7, 11) is 0. The van der Waals surface area contributed by atoms with Crippen molar-refractivity contribution >= 4 is 0 Å². The standard InChI is InChI=1S/C17H28O2/c1-5-8-16(18)17(7-3)19-15-11-9-14(10-12-15)13(4)6-2/h9-13,16-18H,5-8H2,1-4H3. The van der Waals surface area contributed by atoms with Gasteiger partial charge in [-0.3, -0.25) is 0 Å². The van der Waals surface area contributed by atoms with Gasteiger partial charge in [0.25, 0.3) is 0 Å². The van der Waals surface area contributed by atoms with Gasteiger partial charge in [-0.25, -0.2) is 0 Å². The second kappa shape index (κ2) is 8.21. The molecule has 0 saturated heterocycles. The highest BCUT2D eigenvalue weighted by molar-refractivity contribution is 5.29. The van der Waals surface area contributed by atoms with Crippen molar-refractivity contribution < 1.29 is 9.84 Å². The predicted octanol–water partition coefficient (Wildman–Crippen LogP) is 4.52. The number of aliphatic hydroxyl groups is 1. The first-order valence-electron chi connectivity index (χ1n) is 7.56. The van der Waals surface area contributed by atoms with Crippen LogP contribution < -0.4 is 4.74 Å². The van der Waals surface area contributed by atoms with Crippen LogP contribution in [0.25, 0.3) is 0 Å². The lowest BCUT2D eigenvalue weighted by Gasteiger charge is -2.23. The highest BCUT2D eigenvalue weighted by Crippen LogP contribution is 2.23. The van der Waals surface area contributed by atoms with Crippen LogP contribution in [0.5, 0.6) is 5.75 Å². The Morgan fingerprint density at radius 2 is 1.68 bits per heavy atom. The molecule has 2 heteroatoms. The monoisotopic (exact) mass is 264 g/mol. The van der Waals surface area contributed by atoms with E-state index in [1.807, 2.05) is 12.1 Å². The summed E-state index contributed by atoms with van der Waals surface area (Å²) in [6.07, 6.45) is 3.28. The molecule has 1 aromatic rings. The third-order valence-corrected chi connectivity index (χ3v) is 3.76. The Hall–Kier alpha value is -1.02. The molecule has 3 atom stereocenters. The number of aliphatic hydroxyl groups excluding tert-OH is 1. The summed E-state index contributed by atoms with van der Waals surface area (Å²) in [6, 6.07) is 8.29. The van der Waals surface area contributed by atoms with E-state index in [4.69, 9.17) is 4.74 Å². The fourth-order valence-electron chi connectivity index (χ4n) is 2.20. The Morgan fingerprint density at radius 1 is 1.05 bits per heavy atom. The lowest BCUT2D eigenvalue weighted by molar-refractivity contribution is 0.0284. The van der Waals surface area contributed by atoms with Crippen LogP contribution in [-0.4, -0.2) is 17.3 Å². The van der Waals surface area contributed by atoms with Crippen LogP contribution in [0, 0.1) is 0 Å². The zero-order chi connectivity index (χ0) is 14.3. The maximum Gasteiger partial charge on any atom is 0.124 e. The summed E-state index contributed by atoms with van der Waals surface area (Å²) >= 11 is 0. The Bertz CT molecular complexity index is 345. The van der Waals surface area contributed by atoms with Gasteiger partial charge >= 0.3 is 0 Å². The molecule has 1 aromatic carbocycles. The molecule has 0 amide bonds. The minimum Gasteiger partial charge on any atom is -0.488 e. The lowest BCUT2D eigenvalue weighted by atomic mass is 9.99. The second-order valence-corrected chi connectivity index (χ2v) is 5.30. The molecule has 1 N–H and O–H groups in total. The van der Waals surface area contributed by atoms with Gasteiger partial charge in [-0.1, -0.05) is 46.2 Å². The summed E-state index contributed by atoms with van der Waals surface area (Å²) in [6.45, 7) is 8.56. The molecule has 3 unspecified atom stereocenters. The Labute approximate surface area is 117 Å². The molecule has 0 aromatic heterocycles. The first-order chi connectivity index (χ1) is 9.12. The second-order valence-electron chi connectivity index (χ2n) is 5.30. The maximum absolute atomic E-state index is 10.0. The zero-order valence-electron chi connectivity index (χ0n) is 12.7. The summed E-state index contributed by atoms with van der Waals surface area (Å²) in [5, 5.41) is 10.0. The van der Waals surface area contributed by atoms with Crippen molar-refractivity contribution in [2.45, 2.75) is 71.5 Å². The molecule has 0 heterocycles. The fraction of sp³-hybridized carbons (Fsp3) is 0.647. The minimum absolute atomic E-state index is 0.102. The van der Waals surface area contributed by atoms with Gasteiger partial charge in [-0.05, 0) is 42.9 Å². The predicted molar refractivity (Wildman–Crippen MR) is 80.8 cm³/mol. The van der Waals surface area contributed by atoms with Crippen LogP contribution in [0.2, 0.25) is 0 Å². The normalized spacial score (nSPS) is 15.8. The van der Waals surface area contributed by atoms with E-state index in [0.29, 0.717) is 5.92 Å². The maximum atomic E-state index is 10.0. The largest absolute Gasteiger partial charge is 0.488 e. The molecule has 2 nitrogen and oxygen atoms in total. The zero-order valence-corrected chi connectivity index (χ0v) is 12.7. The number of hydrogen-bond donors (Lipinski definition) is 1. The molecule has 108 valence electrons. The molecule has 19 heavy (non-hydrogen) atoms. The summed E-state index contributed by atoms with van der Waals surface area (Å²) < 4.78 is 5.90. The SMILES string of the molecule is CCCC(O)C(CC)Oc1ccc(C(C)CC)cc1. The topological polar surface area (TPSA) is 29.5 Å². The van der Waals surface area contributed by atoms with Gasteiger partial charge in [-0.15, -0.1) is 0 Å². The lowest BCUT2D eigenvalue weighted by Crippen LogP contribution is -2.30. The number of ether oxygens (including phenoxy) is 1. The van der Waals surface area contributed by atoms with Crippen LogP contribution >= 0.6 is 0 Å². The third-order valence-electron chi connectivity index (χ3n) is 3.76. The van der Waals surface area contributed by atoms with Crippen LogP contribution in [0.3, 0.4) is 0 Å². The van der Waals surface area contributed by atoms with Gasteiger partial charge in [0.1, 0.15) is 11.9 Å². The molecule has 0 radical (unpaired) electrons. The number of rotatable bonds is 8. The van der Waals surface area contributed by atoms with E-state index in [0.717, 1.165) is 31.4 Å². The van der Waals surface area contributed by atoms with Gasteiger partial charge in [0.15, 0.2) is 0 Å². The Kier molecular flexibility index (Phi) is 6.93. The molecule has 0 spiro atoms. The van der Waals surface area contributed by atoms with E-state index < -0.39 is 0 Å². The van der Waals surface area contributed by atoms with Gasteiger partial charge in [0.05, 0.1) is 6.10 Å². The molecule has 0 saturated carbocycles. The molecule has 0 bridgehead atoms. The Morgan fingerprint density at radius 3 is 2.16 bits per heavy atom. The first kappa shape index (κ1) is 16.0. The average molecular weight is 264 g/mol. The van der Waals surface area contributed by atoms with Crippen molar-refractivity contribution in [2.75, 3.05) is 0 Å². The minimum atomic E-state index is -0.371. The van der Waals surface area contributed by atoms with E-state index in [9.17, 15) is 5.11 Å². The van der Waals surface area contributed by atoms with E-state index in [1.54, 1.807) is 0 Å². The van der Waals surface area contributed by atoms with Crippen LogP contribution in [0.15, 0.2) is 24.3 Å². The summed E-state index contributed by atoms with van der Waals surface area (Å²) in [5.41, 5.74) is 1.34. The van der Waals surface area contributed by atoms with Gasteiger partial charge in [0.2, 0.25) is 0 Å². The average Bonchev–Trinajstić information content (AvgIpc) is 2.44. The quantitative estimate of drug-likeness (QED) is 0.748. The molecular weight excluding hydrogens is 236 g/mol. The van der Waals surface area contributed by atoms with E-state index in [1.165, 1.54) is 5.56 Å². The van der Waals surface area contributed by atoms with E-state index in [2.05, 4.69) is 39.8 Å². The summed E-state index contributed by atoms with van der Waals surface area (Å²) in [4.78, 5) is 0. The van der Waals surface area contributed by atoms with Crippen LogP contribution in [-0.2, 0) is 0 Å². The third kappa shape index (κ3) is 4.87. The number of benzene rings is 1. The van der Waals surface area contributed by atoms with Crippen molar-refractivity contribution in [3.05, 3.63) is 29.8 Å². The van der Waals surface area contributed by atoms with Crippen molar-refractivity contribution in [2.24, 2.45) is 0 Å². The molecule has 0 aliphatic heterocycles. The van der Waals surface area contributed by atoms with Crippen molar-refractivity contribution in [1.82, 2.24) is 0 Å². The Balaban J connectivity index is 2.65. The first-order valence-corrected chi connectivity index (χ1v) is 7.56. The van der Waals surface area contributed by atoms with Gasteiger partial charge < -0.3 is 9.84 Å². The molecule has 0 aliphatic rings. The molecule has 1 rings (SSSR count). The highest BCUT2D eigenvalue weighted by atomic mass is 16.5. The van der Waals surface area contributed by atoms with Crippen LogP contribution in [0.1, 0.15) is 64.9 Å². The number of hydrogen-bond acceptors (Lipinski definition) is 2.